The van der Waals surface area contributed by atoms with Crippen LogP contribution in [0, 0.1) is 0 Å². The Morgan fingerprint density at radius 2 is 1.79 bits per heavy atom. The van der Waals surface area contributed by atoms with Crippen LogP contribution in [0.25, 0.3) is 0 Å². The number of anilines is 1. The highest BCUT2D eigenvalue weighted by Crippen LogP contribution is 2.26. The molecule has 1 aliphatic rings. The standard InChI is InChI=1S/C22H28N2O4S/c1-17(2)20-11-4-5-12-21(20)28-16-22(25)23-18-9-8-10-19(15-18)29(26,27)24-13-6-3-7-14-24/h4-5,8-12,15,17H,3,6-7,13-14,16H2,1-2H3,(H,23,25). The van der Waals surface area contributed by atoms with E-state index >= 15 is 0 Å². The maximum Gasteiger partial charge on any atom is 0.262 e. The van der Waals surface area contributed by atoms with E-state index in [2.05, 4.69) is 19.2 Å². The molecule has 3 rings (SSSR count). The minimum atomic E-state index is -3.54. The van der Waals surface area contributed by atoms with E-state index in [4.69, 9.17) is 4.74 Å². The third kappa shape index (κ3) is 5.36. The second-order valence-electron chi connectivity index (χ2n) is 7.52. The van der Waals surface area contributed by atoms with E-state index in [1.54, 1.807) is 18.2 Å². The third-order valence-corrected chi connectivity index (χ3v) is 6.87. The number of nitrogens with one attached hydrogen (secondary N) is 1. The van der Waals surface area contributed by atoms with Crippen LogP contribution < -0.4 is 10.1 Å². The highest BCUT2D eigenvalue weighted by atomic mass is 32.2. The van der Waals surface area contributed by atoms with Crippen LogP contribution in [0.3, 0.4) is 0 Å². The number of amides is 1. The maximum absolute atomic E-state index is 12.8. The van der Waals surface area contributed by atoms with Crippen molar-refractivity contribution >= 4 is 21.6 Å². The van der Waals surface area contributed by atoms with E-state index in [1.165, 1.54) is 10.4 Å². The van der Waals surface area contributed by atoms with Crippen LogP contribution in [0.1, 0.15) is 44.6 Å². The molecular formula is C22H28N2O4S. The third-order valence-electron chi connectivity index (χ3n) is 4.97. The normalized spacial score (nSPS) is 15.3. The van der Waals surface area contributed by atoms with Crippen molar-refractivity contribution in [2.24, 2.45) is 0 Å². The highest BCUT2D eigenvalue weighted by molar-refractivity contribution is 7.89. The first-order chi connectivity index (χ1) is 13.9. The van der Waals surface area contributed by atoms with Crippen molar-refractivity contribution in [3.8, 4) is 5.75 Å². The van der Waals surface area contributed by atoms with Crippen molar-refractivity contribution in [1.29, 1.82) is 0 Å². The zero-order chi connectivity index (χ0) is 20.9. The summed E-state index contributed by atoms with van der Waals surface area (Å²) < 4.78 is 32.9. The lowest BCUT2D eigenvalue weighted by Gasteiger charge is -2.26. The fourth-order valence-electron chi connectivity index (χ4n) is 3.42. The van der Waals surface area contributed by atoms with Crippen LogP contribution in [-0.4, -0.2) is 38.3 Å². The Morgan fingerprint density at radius 3 is 2.52 bits per heavy atom. The number of benzene rings is 2. The van der Waals surface area contributed by atoms with Crippen molar-refractivity contribution in [3.63, 3.8) is 0 Å². The Hall–Kier alpha value is -2.38. The molecule has 29 heavy (non-hydrogen) atoms. The quantitative estimate of drug-likeness (QED) is 0.740. The van der Waals surface area contributed by atoms with Gasteiger partial charge in [0.1, 0.15) is 5.75 Å². The molecule has 1 saturated heterocycles. The second-order valence-corrected chi connectivity index (χ2v) is 9.46. The average molecular weight is 417 g/mol. The predicted molar refractivity (Wildman–Crippen MR) is 114 cm³/mol. The number of hydrogen-bond donors (Lipinski definition) is 1. The van der Waals surface area contributed by atoms with Gasteiger partial charge in [0.05, 0.1) is 4.90 Å². The zero-order valence-electron chi connectivity index (χ0n) is 16.9. The number of hydrogen-bond acceptors (Lipinski definition) is 4. The summed E-state index contributed by atoms with van der Waals surface area (Å²) in [5.74, 6) is 0.626. The Labute approximate surface area is 172 Å². The van der Waals surface area contributed by atoms with E-state index in [9.17, 15) is 13.2 Å². The largest absolute Gasteiger partial charge is 0.483 e. The van der Waals surface area contributed by atoms with E-state index in [1.807, 2.05) is 24.3 Å². The zero-order valence-corrected chi connectivity index (χ0v) is 17.7. The van der Waals surface area contributed by atoms with E-state index in [0.717, 1.165) is 24.8 Å². The SMILES string of the molecule is CC(C)c1ccccc1OCC(=O)Nc1cccc(S(=O)(=O)N2CCCCC2)c1. The molecule has 0 aromatic heterocycles. The number of carbonyl (C=O) groups excluding carboxylic acids is 1. The van der Waals surface area contributed by atoms with Gasteiger partial charge in [-0.3, -0.25) is 4.79 Å². The molecule has 6 nitrogen and oxygen atoms in total. The van der Waals surface area contributed by atoms with Crippen LogP contribution in [0.15, 0.2) is 53.4 Å². The molecule has 0 aliphatic carbocycles. The van der Waals surface area contributed by atoms with Gasteiger partial charge in [-0.15, -0.1) is 0 Å². The van der Waals surface area contributed by atoms with Gasteiger partial charge >= 0.3 is 0 Å². The Bertz CT molecular complexity index is 951. The molecule has 1 aliphatic heterocycles. The fraction of sp³-hybridized carbons (Fsp3) is 0.409. The number of nitrogens with zero attached hydrogens (tertiary/aromatic N) is 1. The first-order valence-electron chi connectivity index (χ1n) is 10.00. The molecule has 1 heterocycles. The molecule has 156 valence electrons. The molecule has 0 spiro atoms. The van der Waals surface area contributed by atoms with Gasteiger partial charge in [0, 0.05) is 18.8 Å². The lowest BCUT2D eigenvalue weighted by Crippen LogP contribution is -2.35. The average Bonchev–Trinajstić information content (AvgIpc) is 2.73. The van der Waals surface area contributed by atoms with E-state index < -0.39 is 10.0 Å². The van der Waals surface area contributed by atoms with Gasteiger partial charge in [0.2, 0.25) is 10.0 Å². The minimum absolute atomic E-state index is 0.146. The van der Waals surface area contributed by atoms with Gasteiger partial charge in [-0.05, 0) is 48.6 Å². The molecule has 1 fully saturated rings. The van der Waals surface area contributed by atoms with Crippen molar-refractivity contribution in [2.75, 3.05) is 25.0 Å². The Kier molecular flexibility index (Phi) is 6.92. The molecule has 2 aromatic carbocycles. The molecule has 0 radical (unpaired) electrons. The molecule has 0 atom stereocenters. The summed E-state index contributed by atoms with van der Waals surface area (Å²) in [5.41, 5.74) is 1.48. The first kappa shape index (κ1) is 21.3. The molecule has 7 heteroatoms. The summed E-state index contributed by atoms with van der Waals surface area (Å²) in [6.07, 6.45) is 2.82. The summed E-state index contributed by atoms with van der Waals surface area (Å²) in [5, 5.41) is 2.73. The molecule has 1 amide bonds. The van der Waals surface area contributed by atoms with Crippen LogP contribution in [-0.2, 0) is 14.8 Å². The van der Waals surface area contributed by atoms with E-state index in [0.29, 0.717) is 24.5 Å². The lowest BCUT2D eigenvalue weighted by atomic mass is 10.0. The molecule has 2 aromatic rings. The van der Waals surface area contributed by atoms with Crippen molar-refractivity contribution < 1.29 is 17.9 Å². The minimum Gasteiger partial charge on any atom is -0.483 e. The lowest BCUT2D eigenvalue weighted by molar-refractivity contribution is -0.118. The fourth-order valence-corrected chi connectivity index (χ4v) is 4.98. The van der Waals surface area contributed by atoms with Gasteiger partial charge in [-0.2, -0.15) is 4.31 Å². The topological polar surface area (TPSA) is 75.7 Å². The summed E-state index contributed by atoms with van der Waals surface area (Å²) in [7, 11) is -3.54. The van der Waals surface area contributed by atoms with Gasteiger partial charge in [-0.1, -0.05) is 44.5 Å². The maximum atomic E-state index is 12.8. The summed E-state index contributed by atoms with van der Waals surface area (Å²) >= 11 is 0. The number of sulfonamides is 1. The number of para-hydroxylation sites is 1. The number of piperidine rings is 1. The van der Waals surface area contributed by atoms with Gasteiger partial charge in [0.15, 0.2) is 6.61 Å². The van der Waals surface area contributed by atoms with Crippen molar-refractivity contribution in [2.45, 2.75) is 43.9 Å². The van der Waals surface area contributed by atoms with Gasteiger partial charge < -0.3 is 10.1 Å². The first-order valence-corrected chi connectivity index (χ1v) is 11.4. The van der Waals surface area contributed by atoms with Crippen LogP contribution in [0.2, 0.25) is 0 Å². The Morgan fingerprint density at radius 1 is 1.07 bits per heavy atom. The van der Waals surface area contributed by atoms with Crippen LogP contribution in [0.5, 0.6) is 5.75 Å². The molecule has 0 bridgehead atoms. The van der Waals surface area contributed by atoms with Crippen LogP contribution in [0.4, 0.5) is 5.69 Å². The summed E-state index contributed by atoms with van der Waals surface area (Å²) in [6.45, 7) is 5.07. The molecule has 1 N–H and O–H groups in total. The van der Waals surface area contributed by atoms with Gasteiger partial charge in [0.25, 0.3) is 5.91 Å². The molecule has 0 saturated carbocycles. The highest BCUT2D eigenvalue weighted by Gasteiger charge is 2.26. The molecular weight excluding hydrogens is 388 g/mol. The van der Waals surface area contributed by atoms with Crippen LogP contribution >= 0.6 is 0 Å². The van der Waals surface area contributed by atoms with E-state index in [-0.39, 0.29) is 23.3 Å². The van der Waals surface area contributed by atoms with Crippen molar-refractivity contribution in [3.05, 3.63) is 54.1 Å². The predicted octanol–water partition coefficient (Wildman–Crippen LogP) is 4.00. The second kappa shape index (κ2) is 9.41. The molecule has 0 unspecified atom stereocenters. The van der Waals surface area contributed by atoms with Crippen molar-refractivity contribution in [1.82, 2.24) is 4.31 Å². The number of rotatable bonds is 7. The van der Waals surface area contributed by atoms with Gasteiger partial charge in [-0.25, -0.2) is 8.42 Å². The Balaban J connectivity index is 1.65. The number of carbonyl (C=O) groups is 1. The smallest absolute Gasteiger partial charge is 0.262 e. The summed E-state index contributed by atoms with van der Waals surface area (Å²) in [4.78, 5) is 12.5. The number of ether oxygens (including phenoxy) is 1. The monoisotopic (exact) mass is 416 g/mol. The summed E-state index contributed by atoms with van der Waals surface area (Å²) in [6, 6.07) is 14.0.